The van der Waals surface area contributed by atoms with E-state index in [-0.39, 0.29) is 12.6 Å². The van der Waals surface area contributed by atoms with Gasteiger partial charge in [0.1, 0.15) is 0 Å². The Balaban J connectivity index is 2.51. The SMILES string of the molecule is CC(Cc1ccc(C(C)C)cc1)CC(N)CO. The van der Waals surface area contributed by atoms with Gasteiger partial charge in [0.15, 0.2) is 0 Å². The number of aliphatic hydroxyl groups is 1. The van der Waals surface area contributed by atoms with Crippen LogP contribution in [0.1, 0.15) is 44.2 Å². The molecule has 3 N–H and O–H groups in total. The highest BCUT2D eigenvalue weighted by Gasteiger charge is 2.09. The van der Waals surface area contributed by atoms with Crippen LogP contribution in [0.4, 0.5) is 0 Å². The van der Waals surface area contributed by atoms with Crippen molar-refractivity contribution in [3.63, 3.8) is 0 Å². The number of rotatable bonds is 6. The fourth-order valence-electron chi connectivity index (χ4n) is 2.12. The van der Waals surface area contributed by atoms with Crippen LogP contribution in [0.15, 0.2) is 24.3 Å². The highest BCUT2D eigenvalue weighted by atomic mass is 16.3. The Morgan fingerprint density at radius 1 is 1.12 bits per heavy atom. The van der Waals surface area contributed by atoms with Crippen LogP contribution in [0.25, 0.3) is 0 Å². The van der Waals surface area contributed by atoms with Gasteiger partial charge in [-0.15, -0.1) is 0 Å². The standard InChI is InChI=1S/C15H25NO/c1-11(2)14-6-4-13(5-7-14)8-12(3)9-15(16)10-17/h4-7,11-12,15,17H,8-10,16H2,1-3H3. The van der Waals surface area contributed by atoms with E-state index in [1.807, 2.05) is 0 Å². The smallest absolute Gasteiger partial charge is 0.0582 e. The zero-order valence-electron chi connectivity index (χ0n) is 11.2. The maximum absolute atomic E-state index is 8.92. The molecule has 0 fully saturated rings. The molecule has 0 saturated heterocycles. The van der Waals surface area contributed by atoms with Gasteiger partial charge in [-0.3, -0.25) is 0 Å². The van der Waals surface area contributed by atoms with Gasteiger partial charge < -0.3 is 10.8 Å². The van der Waals surface area contributed by atoms with Gasteiger partial charge in [-0.05, 0) is 35.8 Å². The first-order valence-electron chi connectivity index (χ1n) is 6.48. The molecule has 2 atom stereocenters. The summed E-state index contributed by atoms with van der Waals surface area (Å²) in [6.07, 6.45) is 1.91. The molecule has 1 rings (SSSR count). The number of benzene rings is 1. The molecule has 0 aromatic heterocycles. The first-order chi connectivity index (χ1) is 8.02. The lowest BCUT2D eigenvalue weighted by Crippen LogP contribution is -2.27. The predicted octanol–water partition coefficient (Wildman–Crippen LogP) is 2.70. The van der Waals surface area contributed by atoms with E-state index in [9.17, 15) is 0 Å². The summed E-state index contributed by atoms with van der Waals surface area (Å²) >= 11 is 0. The molecular formula is C15H25NO. The molecule has 1 aromatic carbocycles. The van der Waals surface area contributed by atoms with E-state index in [1.165, 1.54) is 11.1 Å². The van der Waals surface area contributed by atoms with Crippen LogP contribution in [0.5, 0.6) is 0 Å². The lowest BCUT2D eigenvalue weighted by atomic mass is 9.93. The third-order valence-electron chi connectivity index (χ3n) is 3.17. The van der Waals surface area contributed by atoms with Gasteiger partial charge in [0, 0.05) is 6.04 Å². The molecule has 0 spiro atoms. The molecule has 1 aromatic rings. The van der Waals surface area contributed by atoms with Crippen molar-refractivity contribution in [3.05, 3.63) is 35.4 Å². The summed E-state index contributed by atoms with van der Waals surface area (Å²) in [6.45, 7) is 6.68. The molecule has 2 nitrogen and oxygen atoms in total. The van der Waals surface area contributed by atoms with E-state index in [2.05, 4.69) is 45.0 Å². The number of hydrogen-bond acceptors (Lipinski definition) is 2. The Morgan fingerprint density at radius 3 is 2.18 bits per heavy atom. The summed E-state index contributed by atoms with van der Waals surface area (Å²) < 4.78 is 0. The average molecular weight is 235 g/mol. The van der Waals surface area contributed by atoms with Crippen LogP contribution in [-0.4, -0.2) is 17.8 Å². The largest absolute Gasteiger partial charge is 0.395 e. The molecule has 0 radical (unpaired) electrons. The maximum atomic E-state index is 8.92. The van der Waals surface area contributed by atoms with Gasteiger partial charge in [0.05, 0.1) is 6.61 Å². The van der Waals surface area contributed by atoms with Gasteiger partial charge >= 0.3 is 0 Å². The Hall–Kier alpha value is -0.860. The van der Waals surface area contributed by atoms with Gasteiger partial charge in [0.2, 0.25) is 0 Å². The summed E-state index contributed by atoms with van der Waals surface area (Å²) in [5.41, 5.74) is 8.48. The van der Waals surface area contributed by atoms with Gasteiger partial charge in [-0.1, -0.05) is 45.0 Å². The van der Waals surface area contributed by atoms with Crippen molar-refractivity contribution in [2.24, 2.45) is 11.7 Å². The normalized spacial score (nSPS) is 14.9. The monoisotopic (exact) mass is 235 g/mol. The molecule has 17 heavy (non-hydrogen) atoms. The van der Waals surface area contributed by atoms with Crippen molar-refractivity contribution < 1.29 is 5.11 Å². The highest BCUT2D eigenvalue weighted by molar-refractivity contribution is 5.24. The summed E-state index contributed by atoms with van der Waals surface area (Å²) in [5.74, 6) is 1.10. The van der Waals surface area contributed by atoms with Crippen LogP contribution in [0.2, 0.25) is 0 Å². The Bertz CT molecular complexity index is 318. The Morgan fingerprint density at radius 2 is 1.71 bits per heavy atom. The highest BCUT2D eigenvalue weighted by Crippen LogP contribution is 2.18. The third-order valence-corrected chi connectivity index (χ3v) is 3.17. The van der Waals surface area contributed by atoms with Crippen LogP contribution < -0.4 is 5.73 Å². The second-order valence-corrected chi connectivity index (χ2v) is 5.38. The summed E-state index contributed by atoms with van der Waals surface area (Å²) in [5, 5.41) is 8.92. The van der Waals surface area contributed by atoms with Crippen molar-refractivity contribution in [1.82, 2.24) is 0 Å². The van der Waals surface area contributed by atoms with Crippen LogP contribution in [0, 0.1) is 5.92 Å². The van der Waals surface area contributed by atoms with Crippen LogP contribution >= 0.6 is 0 Å². The fourth-order valence-corrected chi connectivity index (χ4v) is 2.12. The van der Waals surface area contributed by atoms with Gasteiger partial charge in [-0.2, -0.15) is 0 Å². The van der Waals surface area contributed by atoms with E-state index < -0.39 is 0 Å². The summed E-state index contributed by atoms with van der Waals surface area (Å²) in [7, 11) is 0. The summed E-state index contributed by atoms with van der Waals surface area (Å²) in [6, 6.07) is 8.74. The van der Waals surface area contributed by atoms with E-state index >= 15 is 0 Å². The van der Waals surface area contributed by atoms with E-state index in [1.54, 1.807) is 0 Å². The summed E-state index contributed by atoms with van der Waals surface area (Å²) in [4.78, 5) is 0. The second kappa shape index (κ2) is 6.77. The Kier molecular flexibility index (Phi) is 5.66. The molecule has 96 valence electrons. The molecule has 2 heteroatoms. The van der Waals surface area contributed by atoms with Crippen molar-refractivity contribution in [3.8, 4) is 0 Å². The zero-order valence-corrected chi connectivity index (χ0v) is 11.2. The van der Waals surface area contributed by atoms with E-state index in [0.717, 1.165) is 12.8 Å². The minimum atomic E-state index is -0.0834. The molecule has 0 aliphatic heterocycles. The fraction of sp³-hybridized carbons (Fsp3) is 0.600. The second-order valence-electron chi connectivity index (χ2n) is 5.38. The molecule has 0 heterocycles. The number of nitrogens with two attached hydrogens (primary N) is 1. The van der Waals surface area contributed by atoms with Crippen molar-refractivity contribution in [2.45, 2.75) is 45.6 Å². The molecule has 0 aliphatic carbocycles. The molecule has 2 unspecified atom stereocenters. The Labute approximate surface area is 105 Å². The third kappa shape index (κ3) is 4.88. The minimum absolute atomic E-state index is 0.0800. The zero-order chi connectivity index (χ0) is 12.8. The minimum Gasteiger partial charge on any atom is -0.395 e. The maximum Gasteiger partial charge on any atom is 0.0582 e. The predicted molar refractivity (Wildman–Crippen MR) is 73.1 cm³/mol. The lowest BCUT2D eigenvalue weighted by Gasteiger charge is -2.16. The molecular weight excluding hydrogens is 210 g/mol. The van der Waals surface area contributed by atoms with Crippen molar-refractivity contribution in [2.75, 3.05) is 6.61 Å². The van der Waals surface area contributed by atoms with Crippen LogP contribution in [0.3, 0.4) is 0 Å². The molecule has 0 amide bonds. The van der Waals surface area contributed by atoms with Crippen molar-refractivity contribution >= 4 is 0 Å². The topological polar surface area (TPSA) is 46.2 Å². The molecule has 0 saturated carbocycles. The first kappa shape index (κ1) is 14.2. The average Bonchev–Trinajstić information content (AvgIpc) is 2.29. The lowest BCUT2D eigenvalue weighted by molar-refractivity contribution is 0.247. The van der Waals surface area contributed by atoms with Crippen LogP contribution in [-0.2, 0) is 6.42 Å². The van der Waals surface area contributed by atoms with E-state index in [4.69, 9.17) is 10.8 Å². The van der Waals surface area contributed by atoms with Gasteiger partial charge in [-0.25, -0.2) is 0 Å². The van der Waals surface area contributed by atoms with Gasteiger partial charge in [0.25, 0.3) is 0 Å². The quantitative estimate of drug-likeness (QED) is 0.796. The number of aliphatic hydroxyl groups excluding tert-OH is 1. The molecule has 0 aliphatic rings. The molecule has 0 bridgehead atoms. The van der Waals surface area contributed by atoms with Crippen molar-refractivity contribution in [1.29, 1.82) is 0 Å². The first-order valence-corrected chi connectivity index (χ1v) is 6.48. The van der Waals surface area contributed by atoms with E-state index in [0.29, 0.717) is 11.8 Å². The number of hydrogen-bond donors (Lipinski definition) is 2.